The van der Waals surface area contributed by atoms with Crippen molar-refractivity contribution in [3.05, 3.63) is 41.5 Å². The predicted molar refractivity (Wildman–Crippen MR) is 82.0 cm³/mol. The predicted octanol–water partition coefficient (Wildman–Crippen LogP) is 2.53. The van der Waals surface area contributed by atoms with E-state index >= 15 is 0 Å². The van der Waals surface area contributed by atoms with E-state index in [1.165, 1.54) is 24.8 Å². The summed E-state index contributed by atoms with van der Waals surface area (Å²) >= 11 is 0. The number of hydrogen-bond acceptors (Lipinski definition) is 5. The van der Waals surface area contributed by atoms with Crippen LogP contribution in [0.1, 0.15) is 42.5 Å². The molecule has 2 aliphatic rings. The molecule has 1 N–H and O–H groups in total. The number of rotatable bonds is 4. The zero-order valence-electron chi connectivity index (χ0n) is 12.8. The largest absolute Gasteiger partial charge is 0.497 e. The molecule has 22 heavy (non-hydrogen) atoms. The van der Waals surface area contributed by atoms with E-state index in [-0.39, 0.29) is 0 Å². The molecule has 1 saturated carbocycles. The fraction of sp³-hybridized carbons (Fsp3) is 0.529. The molecule has 1 aromatic heterocycles. The number of benzene rings is 1. The smallest absolute Gasteiger partial charge is 0.230 e. The van der Waals surface area contributed by atoms with Crippen LogP contribution in [0.25, 0.3) is 0 Å². The summed E-state index contributed by atoms with van der Waals surface area (Å²) in [4.78, 5) is 4.63. The minimum Gasteiger partial charge on any atom is -0.497 e. The molecule has 1 atom stereocenters. The SMILES string of the molecule is COc1ccc(Cc2noc(C3CC34CCNCC4)n2)cc1. The molecule has 0 amide bonds. The Morgan fingerprint density at radius 2 is 2.05 bits per heavy atom. The van der Waals surface area contributed by atoms with Gasteiger partial charge >= 0.3 is 0 Å². The first kappa shape index (κ1) is 13.8. The van der Waals surface area contributed by atoms with Gasteiger partial charge in [0.25, 0.3) is 0 Å². The van der Waals surface area contributed by atoms with Gasteiger partial charge in [-0.05, 0) is 55.5 Å². The first-order valence-corrected chi connectivity index (χ1v) is 7.95. The van der Waals surface area contributed by atoms with Crippen LogP contribution in [-0.4, -0.2) is 30.3 Å². The number of ether oxygens (including phenoxy) is 1. The van der Waals surface area contributed by atoms with E-state index in [0.29, 0.717) is 17.8 Å². The zero-order valence-corrected chi connectivity index (χ0v) is 12.8. The molecule has 116 valence electrons. The molecule has 2 fully saturated rings. The van der Waals surface area contributed by atoms with Gasteiger partial charge in [0, 0.05) is 12.3 Å². The molecule has 1 aliphatic heterocycles. The molecule has 2 heterocycles. The van der Waals surface area contributed by atoms with Gasteiger partial charge < -0.3 is 14.6 Å². The quantitative estimate of drug-likeness (QED) is 0.940. The van der Waals surface area contributed by atoms with Gasteiger partial charge in [0.15, 0.2) is 5.82 Å². The number of nitrogens with one attached hydrogen (secondary N) is 1. The lowest BCUT2D eigenvalue weighted by Crippen LogP contribution is -2.29. The molecule has 0 radical (unpaired) electrons. The Morgan fingerprint density at radius 1 is 1.27 bits per heavy atom. The average molecular weight is 299 g/mol. The Labute approximate surface area is 130 Å². The molecule has 1 saturated heterocycles. The van der Waals surface area contributed by atoms with Gasteiger partial charge in [-0.25, -0.2) is 0 Å². The first-order chi connectivity index (χ1) is 10.8. The standard InChI is InChI=1S/C17H21N3O2/c1-21-13-4-2-12(3-5-13)10-15-19-16(22-20-15)14-11-17(14)6-8-18-9-7-17/h2-5,14,18H,6-11H2,1H3. The van der Waals surface area contributed by atoms with Crippen molar-refractivity contribution in [3.63, 3.8) is 0 Å². The summed E-state index contributed by atoms with van der Waals surface area (Å²) in [5, 5.41) is 7.58. The zero-order chi connectivity index (χ0) is 15.0. The molecule has 5 nitrogen and oxygen atoms in total. The highest BCUT2D eigenvalue weighted by molar-refractivity contribution is 5.29. The molecule has 1 aliphatic carbocycles. The molecule has 5 heteroatoms. The van der Waals surface area contributed by atoms with Crippen LogP contribution in [-0.2, 0) is 6.42 Å². The van der Waals surface area contributed by atoms with Crippen molar-refractivity contribution in [1.29, 1.82) is 0 Å². The summed E-state index contributed by atoms with van der Waals surface area (Å²) in [6.07, 6.45) is 4.37. The average Bonchev–Trinajstić information content (AvgIpc) is 3.04. The molecular weight excluding hydrogens is 278 g/mol. The Hall–Kier alpha value is -1.88. The maximum absolute atomic E-state index is 5.53. The topological polar surface area (TPSA) is 60.2 Å². The van der Waals surface area contributed by atoms with Gasteiger partial charge in [-0.15, -0.1) is 0 Å². The van der Waals surface area contributed by atoms with E-state index in [1.54, 1.807) is 7.11 Å². The number of nitrogens with zero attached hydrogens (tertiary/aromatic N) is 2. The molecule has 2 aromatic rings. The van der Waals surface area contributed by atoms with Gasteiger partial charge in [0.05, 0.1) is 7.11 Å². The van der Waals surface area contributed by atoms with Gasteiger partial charge in [-0.3, -0.25) is 0 Å². The highest BCUT2D eigenvalue weighted by atomic mass is 16.5. The van der Waals surface area contributed by atoms with Crippen molar-refractivity contribution in [2.75, 3.05) is 20.2 Å². The lowest BCUT2D eigenvalue weighted by atomic mass is 9.92. The summed E-state index contributed by atoms with van der Waals surface area (Å²) < 4.78 is 10.7. The van der Waals surface area contributed by atoms with E-state index in [2.05, 4.69) is 15.5 Å². The molecule has 0 bridgehead atoms. The van der Waals surface area contributed by atoms with Crippen LogP contribution in [0.15, 0.2) is 28.8 Å². The molecular formula is C17H21N3O2. The fourth-order valence-corrected chi connectivity index (χ4v) is 3.58. The van der Waals surface area contributed by atoms with Crippen LogP contribution in [0.2, 0.25) is 0 Å². The number of aromatic nitrogens is 2. The minimum atomic E-state index is 0.440. The lowest BCUT2D eigenvalue weighted by molar-refractivity contribution is 0.310. The summed E-state index contributed by atoms with van der Waals surface area (Å²) in [7, 11) is 1.67. The van der Waals surface area contributed by atoms with Crippen molar-refractivity contribution in [3.8, 4) is 5.75 Å². The summed E-state index contributed by atoms with van der Waals surface area (Å²) in [6, 6.07) is 8.00. The van der Waals surface area contributed by atoms with Crippen LogP contribution < -0.4 is 10.1 Å². The highest BCUT2D eigenvalue weighted by Crippen LogP contribution is 2.63. The van der Waals surface area contributed by atoms with Crippen molar-refractivity contribution in [1.82, 2.24) is 15.5 Å². The number of piperidine rings is 1. The van der Waals surface area contributed by atoms with Crippen LogP contribution in [0, 0.1) is 5.41 Å². The van der Waals surface area contributed by atoms with E-state index in [4.69, 9.17) is 9.26 Å². The molecule has 1 unspecified atom stereocenters. The normalized spacial score (nSPS) is 22.7. The van der Waals surface area contributed by atoms with E-state index in [1.807, 2.05) is 24.3 Å². The Bertz CT molecular complexity index is 644. The minimum absolute atomic E-state index is 0.440. The van der Waals surface area contributed by atoms with Crippen LogP contribution in [0.3, 0.4) is 0 Å². The van der Waals surface area contributed by atoms with Gasteiger partial charge in [-0.2, -0.15) is 4.98 Å². The van der Waals surface area contributed by atoms with Crippen LogP contribution in [0.4, 0.5) is 0 Å². The highest BCUT2D eigenvalue weighted by Gasteiger charge is 2.57. The van der Waals surface area contributed by atoms with Crippen LogP contribution in [0.5, 0.6) is 5.75 Å². The van der Waals surface area contributed by atoms with Crippen molar-refractivity contribution in [2.45, 2.75) is 31.6 Å². The second-order valence-corrected chi connectivity index (χ2v) is 6.44. The van der Waals surface area contributed by atoms with Gasteiger partial charge in [-0.1, -0.05) is 17.3 Å². The molecule has 1 spiro atoms. The van der Waals surface area contributed by atoms with Crippen molar-refractivity contribution < 1.29 is 9.26 Å². The van der Waals surface area contributed by atoms with Gasteiger partial charge in [0.1, 0.15) is 5.75 Å². The summed E-state index contributed by atoms with van der Waals surface area (Å²) in [5.41, 5.74) is 1.61. The second-order valence-electron chi connectivity index (χ2n) is 6.44. The first-order valence-electron chi connectivity index (χ1n) is 7.95. The number of hydrogen-bond donors (Lipinski definition) is 1. The Kier molecular flexibility index (Phi) is 3.37. The third-order valence-corrected chi connectivity index (χ3v) is 5.09. The third-order valence-electron chi connectivity index (χ3n) is 5.09. The van der Waals surface area contributed by atoms with E-state index < -0.39 is 0 Å². The van der Waals surface area contributed by atoms with Crippen LogP contribution >= 0.6 is 0 Å². The number of methoxy groups -OCH3 is 1. The Morgan fingerprint density at radius 3 is 2.77 bits per heavy atom. The second kappa shape index (κ2) is 5.39. The maximum Gasteiger partial charge on any atom is 0.230 e. The monoisotopic (exact) mass is 299 g/mol. The van der Waals surface area contributed by atoms with Crippen molar-refractivity contribution >= 4 is 0 Å². The van der Waals surface area contributed by atoms with E-state index in [0.717, 1.165) is 30.6 Å². The maximum atomic E-state index is 5.53. The Balaban J connectivity index is 1.43. The van der Waals surface area contributed by atoms with Crippen molar-refractivity contribution in [2.24, 2.45) is 5.41 Å². The molecule has 1 aromatic carbocycles. The fourth-order valence-electron chi connectivity index (χ4n) is 3.58. The lowest BCUT2D eigenvalue weighted by Gasteiger charge is -2.22. The van der Waals surface area contributed by atoms with Gasteiger partial charge in [0.2, 0.25) is 5.89 Å². The summed E-state index contributed by atoms with van der Waals surface area (Å²) in [6.45, 7) is 2.23. The third kappa shape index (κ3) is 2.50. The van der Waals surface area contributed by atoms with E-state index in [9.17, 15) is 0 Å². The summed E-state index contributed by atoms with van der Waals surface area (Å²) in [5.74, 6) is 2.96. The molecule has 4 rings (SSSR count).